The summed E-state index contributed by atoms with van der Waals surface area (Å²) in [5.41, 5.74) is 0.320. The number of carboxylic acid groups (broad SMARTS) is 1. The van der Waals surface area contributed by atoms with Crippen molar-refractivity contribution >= 4 is 39.4 Å². The van der Waals surface area contributed by atoms with Gasteiger partial charge in [-0.2, -0.15) is 8.42 Å². The standard InChI is InChI=1S/C18H25Cl2NO6S/c1-18(2,3)16-9-21(17(22)23)8-12(11-5-6-13(19)14(20)7-11)15(27-16)10-26-28(4,24)25/h5-7,12,15-16H,8-10H2,1-4H3,(H,22,23)/t12-,15-,16?/m0/s1. The maximum Gasteiger partial charge on any atom is 0.407 e. The molecule has 0 aromatic heterocycles. The van der Waals surface area contributed by atoms with Crippen molar-refractivity contribution in [3.63, 3.8) is 0 Å². The van der Waals surface area contributed by atoms with Gasteiger partial charge in [0, 0.05) is 12.5 Å². The molecular weight excluding hydrogens is 429 g/mol. The van der Waals surface area contributed by atoms with Crippen molar-refractivity contribution in [1.82, 2.24) is 4.90 Å². The number of ether oxygens (including phenoxy) is 1. The average Bonchev–Trinajstić information content (AvgIpc) is 2.74. The normalized spacial score (nSPS) is 24.1. The van der Waals surface area contributed by atoms with E-state index >= 15 is 0 Å². The number of carbonyl (C=O) groups is 1. The molecule has 1 aliphatic rings. The maximum atomic E-state index is 11.8. The van der Waals surface area contributed by atoms with Gasteiger partial charge in [-0.1, -0.05) is 50.0 Å². The highest BCUT2D eigenvalue weighted by Crippen LogP contribution is 2.35. The second kappa shape index (κ2) is 8.75. The molecule has 1 amide bonds. The lowest BCUT2D eigenvalue weighted by molar-refractivity contribution is -0.0789. The summed E-state index contributed by atoms with van der Waals surface area (Å²) in [6.07, 6.45) is -1.26. The van der Waals surface area contributed by atoms with Gasteiger partial charge in [0.2, 0.25) is 0 Å². The largest absolute Gasteiger partial charge is 0.465 e. The molecule has 2 rings (SSSR count). The first-order chi connectivity index (χ1) is 12.8. The zero-order chi connectivity index (χ0) is 21.3. The first-order valence-corrected chi connectivity index (χ1v) is 11.3. The molecule has 1 saturated heterocycles. The highest BCUT2D eigenvalue weighted by atomic mass is 35.5. The Hall–Kier alpha value is -1.06. The molecule has 1 heterocycles. The van der Waals surface area contributed by atoms with Crippen LogP contribution in [0.1, 0.15) is 32.3 Å². The van der Waals surface area contributed by atoms with Crippen LogP contribution in [0, 0.1) is 5.41 Å². The minimum atomic E-state index is -3.70. The molecule has 1 aromatic carbocycles. The van der Waals surface area contributed by atoms with Crippen LogP contribution in [0.3, 0.4) is 0 Å². The lowest BCUT2D eigenvalue weighted by Gasteiger charge is -2.33. The van der Waals surface area contributed by atoms with E-state index in [0.717, 1.165) is 6.26 Å². The Morgan fingerprint density at radius 2 is 1.93 bits per heavy atom. The van der Waals surface area contributed by atoms with Crippen LogP contribution in [-0.2, 0) is 19.0 Å². The molecular formula is C18H25Cl2NO6S. The van der Waals surface area contributed by atoms with Crippen LogP contribution in [0.15, 0.2) is 18.2 Å². The van der Waals surface area contributed by atoms with Gasteiger partial charge in [-0.15, -0.1) is 0 Å². The Balaban J connectivity index is 2.47. The SMILES string of the molecule is CC(C)(C)C1CN(C(=O)O)C[C@@H](c2ccc(Cl)c(Cl)c2)[C@H](COS(C)(=O)=O)O1. The summed E-state index contributed by atoms with van der Waals surface area (Å²) in [6, 6.07) is 4.99. The summed E-state index contributed by atoms with van der Waals surface area (Å²) >= 11 is 12.1. The second-order valence-corrected chi connectivity index (χ2v) is 10.4. The predicted octanol–water partition coefficient (Wildman–Crippen LogP) is 3.85. The van der Waals surface area contributed by atoms with Crippen molar-refractivity contribution in [3.8, 4) is 0 Å². The van der Waals surface area contributed by atoms with E-state index in [0.29, 0.717) is 15.6 Å². The quantitative estimate of drug-likeness (QED) is 0.695. The van der Waals surface area contributed by atoms with Crippen molar-refractivity contribution in [1.29, 1.82) is 0 Å². The number of hydrogen-bond donors (Lipinski definition) is 1. The highest BCUT2D eigenvalue weighted by Gasteiger charge is 2.40. The van der Waals surface area contributed by atoms with E-state index in [2.05, 4.69) is 0 Å². The molecule has 7 nitrogen and oxygen atoms in total. The van der Waals surface area contributed by atoms with Gasteiger partial charge in [-0.25, -0.2) is 4.79 Å². The van der Waals surface area contributed by atoms with Crippen molar-refractivity contribution in [2.75, 3.05) is 26.0 Å². The Labute approximate surface area is 175 Å². The third-order valence-electron chi connectivity index (χ3n) is 4.65. The minimum absolute atomic E-state index is 0.109. The van der Waals surface area contributed by atoms with E-state index in [1.165, 1.54) is 4.90 Å². The first-order valence-electron chi connectivity index (χ1n) is 8.70. The van der Waals surface area contributed by atoms with Crippen LogP contribution in [0.2, 0.25) is 10.0 Å². The monoisotopic (exact) mass is 453 g/mol. The molecule has 158 valence electrons. The summed E-state index contributed by atoms with van der Waals surface area (Å²) in [4.78, 5) is 13.1. The van der Waals surface area contributed by atoms with Crippen molar-refractivity contribution in [3.05, 3.63) is 33.8 Å². The van der Waals surface area contributed by atoms with Crippen molar-refractivity contribution in [2.24, 2.45) is 5.41 Å². The minimum Gasteiger partial charge on any atom is -0.465 e. The van der Waals surface area contributed by atoms with Crippen molar-refractivity contribution < 1.29 is 27.2 Å². The van der Waals surface area contributed by atoms with Gasteiger partial charge in [-0.3, -0.25) is 4.18 Å². The molecule has 0 saturated carbocycles. The van der Waals surface area contributed by atoms with Gasteiger partial charge in [0.1, 0.15) is 0 Å². The summed E-state index contributed by atoms with van der Waals surface area (Å²) in [7, 11) is -3.70. The molecule has 1 N–H and O–H groups in total. The van der Waals surface area contributed by atoms with E-state index in [4.69, 9.17) is 32.1 Å². The Kier molecular flexibility index (Phi) is 7.26. The maximum absolute atomic E-state index is 11.8. The van der Waals surface area contributed by atoms with Crippen LogP contribution in [-0.4, -0.2) is 62.7 Å². The van der Waals surface area contributed by atoms with E-state index < -0.39 is 34.3 Å². The summed E-state index contributed by atoms with van der Waals surface area (Å²) < 4.78 is 34.3. The summed E-state index contributed by atoms with van der Waals surface area (Å²) in [5.74, 6) is -0.486. The third kappa shape index (κ3) is 6.22. The predicted molar refractivity (Wildman–Crippen MR) is 108 cm³/mol. The van der Waals surface area contributed by atoms with Crippen LogP contribution in [0.5, 0.6) is 0 Å². The van der Waals surface area contributed by atoms with Gasteiger partial charge in [-0.05, 0) is 23.1 Å². The van der Waals surface area contributed by atoms with E-state index in [1.54, 1.807) is 18.2 Å². The molecule has 1 aromatic rings. The molecule has 1 unspecified atom stereocenters. The fourth-order valence-electron chi connectivity index (χ4n) is 3.02. The molecule has 0 spiro atoms. The highest BCUT2D eigenvalue weighted by molar-refractivity contribution is 7.85. The molecule has 0 radical (unpaired) electrons. The van der Waals surface area contributed by atoms with Gasteiger partial charge in [0.05, 0.1) is 41.7 Å². The Bertz CT molecular complexity index is 824. The number of amides is 1. The number of halogens is 2. The van der Waals surface area contributed by atoms with Gasteiger partial charge >= 0.3 is 6.09 Å². The van der Waals surface area contributed by atoms with E-state index in [9.17, 15) is 18.3 Å². The first kappa shape index (κ1) is 23.2. The second-order valence-electron chi connectivity index (χ2n) is 7.99. The van der Waals surface area contributed by atoms with E-state index in [-0.39, 0.29) is 25.1 Å². The number of nitrogens with zero attached hydrogens (tertiary/aromatic N) is 1. The molecule has 10 heteroatoms. The number of rotatable bonds is 4. The van der Waals surface area contributed by atoms with Crippen LogP contribution < -0.4 is 0 Å². The number of benzene rings is 1. The van der Waals surface area contributed by atoms with Crippen LogP contribution in [0.25, 0.3) is 0 Å². The summed E-state index contributed by atoms with van der Waals surface area (Å²) in [5, 5.41) is 10.3. The fourth-order valence-corrected chi connectivity index (χ4v) is 3.71. The zero-order valence-electron chi connectivity index (χ0n) is 16.2. The Morgan fingerprint density at radius 1 is 1.29 bits per heavy atom. The molecule has 1 fully saturated rings. The number of hydrogen-bond acceptors (Lipinski definition) is 5. The molecule has 28 heavy (non-hydrogen) atoms. The fraction of sp³-hybridized carbons (Fsp3) is 0.611. The molecule has 0 bridgehead atoms. The van der Waals surface area contributed by atoms with Gasteiger partial charge in [0.25, 0.3) is 10.1 Å². The van der Waals surface area contributed by atoms with Gasteiger partial charge < -0.3 is 14.7 Å². The smallest absolute Gasteiger partial charge is 0.407 e. The van der Waals surface area contributed by atoms with Crippen LogP contribution >= 0.6 is 23.2 Å². The third-order valence-corrected chi connectivity index (χ3v) is 5.95. The van der Waals surface area contributed by atoms with Gasteiger partial charge in [0.15, 0.2) is 0 Å². The lowest BCUT2D eigenvalue weighted by atomic mass is 9.88. The van der Waals surface area contributed by atoms with Crippen molar-refractivity contribution in [2.45, 2.75) is 38.9 Å². The summed E-state index contributed by atoms with van der Waals surface area (Å²) in [6.45, 7) is 5.84. The van der Waals surface area contributed by atoms with E-state index in [1.807, 2.05) is 20.8 Å². The molecule has 3 atom stereocenters. The zero-order valence-corrected chi connectivity index (χ0v) is 18.5. The molecule has 1 aliphatic heterocycles. The topological polar surface area (TPSA) is 93.1 Å². The average molecular weight is 454 g/mol. The van der Waals surface area contributed by atoms with Crippen LogP contribution in [0.4, 0.5) is 4.79 Å². The Morgan fingerprint density at radius 3 is 2.43 bits per heavy atom. The molecule has 0 aliphatic carbocycles. The lowest BCUT2D eigenvalue weighted by Crippen LogP contribution is -2.42.